The fraction of sp³-hybridized carbons (Fsp3) is 0.294. The van der Waals surface area contributed by atoms with E-state index in [2.05, 4.69) is 38.4 Å². The molecule has 24 heavy (non-hydrogen) atoms. The third kappa shape index (κ3) is 3.62. The largest absolute Gasteiger partial charge is 0.484 e. The monoisotopic (exact) mass is 407 g/mol. The summed E-state index contributed by atoms with van der Waals surface area (Å²) in [6.45, 7) is 4.54. The second-order valence-corrected chi connectivity index (χ2v) is 7.76. The standard InChI is InChI=1S/C17H18BrN3O2S/c1-11-8-21-15(12(2)19-17(21)24-11)9-20(3)16(22)10-23-14-6-4-5-13(18)7-14/h4-8H,9-10H2,1-3H3. The van der Waals surface area contributed by atoms with Crippen molar-refractivity contribution in [1.82, 2.24) is 14.3 Å². The van der Waals surface area contributed by atoms with E-state index in [1.54, 1.807) is 23.3 Å². The minimum atomic E-state index is -0.0729. The van der Waals surface area contributed by atoms with Crippen molar-refractivity contribution >= 4 is 38.1 Å². The summed E-state index contributed by atoms with van der Waals surface area (Å²) in [6, 6.07) is 7.46. The number of aryl methyl sites for hydroxylation is 2. The van der Waals surface area contributed by atoms with Crippen LogP contribution >= 0.6 is 27.3 Å². The van der Waals surface area contributed by atoms with Gasteiger partial charge in [-0.05, 0) is 32.0 Å². The number of nitrogens with zero attached hydrogens (tertiary/aromatic N) is 3. The first-order valence-corrected chi connectivity index (χ1v) is 9.11. The van der Waals surface area contributed by atoms with Gasteiger partial charge in [-0.25, -0.2) is 4.98 Å². The van der Waals surface area contributed by atoms with Crippen molar-refractivity contribution in [2.45, 2.75) is 20.4 Å². The molecule has 0 radical (unpaired) electrons. The molecule has 0 aliphatic carbocycles. The Labute approximate surface area is 153 Å². The van der Waals surface area contributed by atoms with E-state index in [4.69, 9.17) is 4.74 Å². The van der Waals surface area contributed by atoms with E-state index in [1.165, 1.54) is 4.88 Å². The van der Waals surface area contributed by atoms with Crippen LogP contribution in [0.3, 0.4) is 0 Å². The molecule has 3 aromatic rings. The highest BCUT2D eigenvalue weighted by Crippen LogP contribution is 2.22. The molecule has 5 nitrogen and oxygen atoms in total. The second kappa shape index (κ2) is 6.94. The summed E-state index contributed by atoms with van der Waals surface area (Å²) < 4.78 is 8.56. The average Bonchev–Trinajstić information content (AvgIpc) is 3.02. The predicted molar refractivity (Wildman–Crippen MR) is 98.7 cm³/mol. The minimum absolute atomic E-state index is 0.0105. The summed E-state index contributed by atoms with van der Waals surface area (Å²) in [7, 11) is 1.78. The number of amides is 1. The zero-order valence-corrected chi connectivity index (χ0v) is 16.1. The Kier molecular flexibility index (Phi) is 4.91. The molecule has 0 fully saturated rings. The highest BCUT2D eigenvalue weighted by Gasteiger charge is 2.16. The summed E-state index contributed by atoms with van der Waals surface area (Å²) in [5, 5.41) is 0. The van der Waals surface area contributed by atoms with E-state index < -0.39 is 0 Å². The highest BCUT2D eigenvalue weighted by molar-refractivity contribution is 9.10. The molecular formula is C17H18BrN3O2S. The van der Waals surface area contributed by atoms with E-state index >= 15 is 0 Å². The van der Waals surface area contributed by atoms with Crippen LogP contribution in [0.2, 0.25) is 0 Å². The molecular weight excluding hydrogens is 390 g/mol. The third-order valence-corrected chi connectivity index (χ3v) is 5.10. The van der Waals surface area contributed by atoms with Crippen molar-refractivity contribution in [2.24, 2.45) is 0 Å². The summed E-state index contributed by atoms with van der Waals surface area (Å²) in [4.78, 5) is 20.7. The fourth-order valence-corrected chi connectivity index (χ4v) is 3.69. The molecule has 3 rings (SSSR count). The van der Waals surface area contributed by atoms with Crippen molar-refractivity contribution in [2.75, 3.05) is 13.7 Å². The Bertz CT molecular complexity index is 887. The number of carbonyl (C=O) groups is 1. The van der Waals surface area contributed by atoms with Gasteiger partial charge in [-0.3, -0.25) is 9.20 Å². The number of hydrogen-bond acceptors (Lipinski definition) is 4. The van der Waals surface area contributed by atoms with Crippen LogP contribution in [-0.2, 0) is 11.3 Å². The Morgan fingerprint density at radius 3 is 2.96 bits per heavy atom. The quantitative estimate of drug-likeness (QED) is 0.645. The molecule has 0 aliphatic heterocycles. The molecule has 0 saturated heterocycles. The number of likely N-dealkylation sites (N-methyl/N-ethyl adjacent to an activating group) is 1. The summed E-state index contributed by atoms with van der Waals surface area (Å²) in [6.07, 6.45) is 2.06. The zero-order chi connectivity index (χ0) is 17.3. The van der Waals surface area contributed by atoms with E-state index in [0.717, 1.165) is 20.8 Å². The predicted octanol–water partition coefficient (Wildman–Crippen LogP) is 3.81. The number of fused-ring (bicyclic) bond motifs is 1. The molecule has 0 aliphatic rings. The Morgan fingerprint density at radius 1 is 1.42 bits per heavy atom. The van der Waals surface area contributed by atoms with Crippen molar-refractivity contribution in [3.63, 3.8) is 0 Å². The summed E-state index contributed by atoms with van der Waals surface area (Å²) in [5.74, 6) is 0.596. The average molecular weight is 408 g/mol. The van der Waals surface area contributed by atoms with Gasteiger partial charge in [-0.2, -0.15) is 0 Å². The second-order valence-electron chi connectivity index (χ2n) is 5.63. The van der Waals surface area contributed by atoms with E-state index in [0.29, 0.717) is 12.3 Å². The van der Waals surface area contributed by atoms with Crippen molar-refractivity contribution in [3.8, 4) is 5.75 Å². The Morgan fingerprint density at radius 2 is 2.21 bits per heavy atom. The molecule has 126 valence electrons. The van der Waals surface area contributed by atoms with Crippen LogP contribution in [0.25, 0.3) is 4.96 Å². The van der Waals surface area contributed by atoms with Crippen LogP contribution in [0.1, 0.15) is 16.3 Å². The lowest BCUT2D eigenvalue weighted by Crippen LogP contribution is -2.31. The summed E-state index contributed by atoms with van der Waals surface area (Å²) >= 11 is 5.04. The molecule has 7 heteroatoms. The Balaban J connectivity index is 1.66. The number of halogens is 1. The lowest BCUT2D eigenvalue weighted by molar-refractivity contribution is -0.132. The molecule has 0 unspecified atom stereocenters. The number of benzene rings is 1. The van der Waals surface area contributed by atoms with Gasteiger partial charge >= 0.3 is 0 Å². The van der Waals surface area contributed by atoms with Gasteiger partial charge in [0.2, 0.25) is 0 Å². The molecule has 0 atom stereocenters. The first kappa shape index (κ1) is 17.0. The smallest absolute Gasteiger partial charge is 0.260 e. The lowest BCUT2D eigenvalue weighted by Gasteiger charge is -2.17. The van der Waals surface area contributed by atoms with Gasteiger partial charge in [0.1, 0.15) is 5.75 Å². The topological polar surface area (TPSA) is 46.8 Å². The maximum absolute atomic E-state index is 12.3. The number of imidazole rings is 1. The van der Waals surface area contributed by atoms with Crippen LogP contribution < -0.4 is 4.74 Å². The number of thiazole rings is 1. The van der Waals surface area contributed by atoms with E-state index in [-0.39, 0.29) is 12.5 Å². The van der Waals surface area contributed by atoms with Crippen LogP contribution in [0.15, 0.2) is 34.9 Å². The first-order chi connectivity index (χ1) is 11.4. The van der Waals surface area contributed by atoms with Crippen LogP contribution in [0.5, 0.6) is 5.75 Å². The van der Waals surface area contributed by atoms with Crippen molar-refractivity contribution in [3.05, 3.63) is 51.2 Å². The maximum Gasteiger partial charge on any atom is 0.260 e. The fourth-order valence-electron chi connectivity index (χ4n) is 2.42. The van der Waals surface area contributed by atoms with Gasteiger partial charge in [0, 0.05) is 22.6 Å². The zero-order valence-electron chi connectivity index (χ0n) is 13.7. The lowest BCUT2D eigenvalue weighted by atomic mass is 10.3. The number of aromatic nitrogens is 2. The molecule has 0 spiro atoms. The molecule has 0 bridgehead atoms. The van der Waals surface area contributed by atoms with Gasteiger partial charge in [0.05, 0.1) is 17.9 Å². The van der Waals surface area contributed by atoms with Crippen LogP contribution in [0.4, 0.5) is 0 Å². The number of rotatable bonds is 5. The SMILES string of the molecule is Cc1cn2c(CN(C)C(=O)COc3cccc(Br)c3)c(C)nc2s1. The van der Waals surface area contributed by atoms with Gasteiger partial charge in [0.15, 0.2) is 11.6 Å². The van der Waals surface area contributed by atoms with Crippen molar-refractivity contribution in [1.29, 1.82) is 0 Å². The van der Waals surface area contributed by atoms with Gasteiger partial charge in [-0.1, -0.05) is 22.0 Å². The number of ether oxygens (including phenoxy) is 1. The van der Waals surface area contributed by atoms with Gasteiger partial charge < -0.3 is 9.64 Å². The molecule has 1 aromatic carbocycles. The molecule has 2 heterocycles. The van der Waals surface area contributed by atoms with Crippen molar-refractivity contribution < 1.29 is 9.53 Å². The Hall–Kier alpha value is -1.86. The molecule has 1 amide bonds. The minimum Gasteiger partial charge on any atom is -0.484 e. The number of carbonyl (C=O) groups excluding carboxylic acids is 1. The molecule has 0 N–H and O–H groups in total. The highest BCUT2D eigenvalue weighted by atomic mass is 79.9. The van der Waals surface area contributed by atoms with E-state index in [9.17, 15) is 4.79 Å². The van der Waals surface area contributed by atoms with E-state index in [1.807, 2.05) is 31.2 Å². The van der Waals surface area contributed by atoms with Crippen LogP contribution in [-0.4, -0.2) is 33.8 Å². The third-order valence-electron chi connectivity index (χ3n) is 3.71. The first-order valence-electron chi connectivity index (χ1n) is 7.50. The molecule has 2 aromatic heterocycles. The normalized spacial score (nSPS) is 11.0. The summed E-state index contributed by atoms with van der Waals surface area (Å²) in [5.41, 5.74) is 1.99. The maximum atomic E-state index is 12.3. The van der Waals surface area contributed by atoms with Gasteiger partial charge in [-0.15, -0.1) is 11.3 Å². The van der Waals surface area contributed by atoms with Gasteiger partial charge in [0.25, 0.3) is 5.91 Å². The number of hydrogen-bond donors (Lipinski definition) is 0. The molecule has 0 saturated carbocycles. The van der Waals surface area contributed by atoms with Crippen LogP contribution in [0, 0.1) is 13.8 Å².